The smallest absolute Gasteiger partial charge is 0.415 e. The standard InChI is InChI=1S/C17H18N2O3S/c1-12-4-6-13(7-5-12)9-15(20)18-10-14-11-19(17(21)22-14)16-3-2-8-23-16/h2-8,14H,9-11H2,1H3,(H,18,20). The molecule has 1 N–H and O–H groups in total. The minimum Gasteiger partial charge on any atom is -0.442 e. The first-order valence-electron chi connectivity index (χ1n) is 7.46. The molecule has 2 aromatic rings. The molecule has 2 heterocycles. The third-order valence-electron chi connectivity index (χ3n) is 3.66. The second kappa shape index (κ2) is 6.83. The Hall–Kier alpha value is -2.34. The van der Waals surface area contributed by atoms with Gasteiger partial charge < -0.3 is 10.1 Å². The summed E-state index contributed by atoms with van der Waals surface area (Å²) in [6.07, 6.45) is -0.341. The van der Waals surface area contributed by atoms with E-state index in [1.165, 1.54) is 16.9 Å². The van der Waals surface area contributed by atoms with Crippen LogP contribution in [0.5, 0.6) is 0 Å². The van der Waals surface area contributed by atoms with Crippen molar-refractivity contribution in [1.29, 1.82) is 0 Å². The molecule has 1 aliphatic heterocycles. The number of carbonyl (C=O) groups is 2. The Balaban J connectivity index is 1.48. The van der Waals surface area contributed by atoms with Crippen molar-refractivity contribution in [2.24, 2.45) is 0 Å². The van der Waals surface area contributed by atoms with Gasteiger partial charge in [-0.25, -0.2) is 4.79 Å². The summed E-state index contributed by atoms with van der Waals surface area (Å²) >= 11 is 1.49. The SMILES string of the molecule is Cc1ccc(CC(=O)NCC2CN(c3cccs3)C(=O)O2)cc1. The van der Waals surface area contributed by atoms with Crippen LogP contribution in [0.4, 0.5) is 9.80 Å². The second-order valence-corrected chi connectivity index (χ2v) is 6.46. The van der Waals surface area contributed by atoms with Crippen molar-refractivity contribution in [3.63, 3.8) is 0 Å². The molecule has 2 amide bonds. The Morgan fingerprint density at radius 1 is 1.35 bits per heavy atom. The highest BCUT2D eigenvalue weighted by Gasteiger charge is 2.32. The van der Waals surface area contributed by atoms with E-state index in [1.54, 1.807) is 4.90 Å². The van der Waals surface area contributed by atoms with Crippen LogP contribution in [0.3, 0.4) is 0 Å². The minimum atomic E-state index is -0.356. The fraction of sp³-hybridized carbons (Fsp3) is 0.294. The Labute approximate surface area is 138 Å². The quantitative estimate of drug-likeness (QED) is 0.917. The number of rotatable bonds is 5. The van der Waals surface area contributed by atoms with Gasteiger partial charge in [-0.05, 0) is 30.0 Å². The summed E-state index contributed by atoms with van der Waals surface area (Å²) in [5.74, 6) is -0.0699. The van der Waals surface area contributed by atoms with Gasteiger partial charge in [0.25, 0.3) is 0 Å². The van der Waals surface area contributed by atoms with Crippen LogP contribution in [0, 0.1) is 6.92 Å². The van der Waals surface area contributed by atoms with Gasteiger partial charge in [-0.2, -0.15) is 0 Å². The lowest BCUT2D eigenvalue weighted by atomic mass is 10.1. The van der Waals surface area contributed by atoms with Crippen molar-refractivity contribution < 1.29 is 14.3 Å². The third-order valence-corrected chi connectivity index (χ3v) is 4.55. The van der Waals surface area contributed by atoms with Crippen molar-refractivity contribution in [1.82, 2.24) is 5.32 Å². The molecular weight excluding hydrogens is 312 g/mol. The predicted molar refractivity (Wildman–Crippen MR) is 89.8 cm³/mol. The topological polar surface area (TPSA) is 58.6 Å². The number of aryl methyl sites for hydroxylation is 1. The van der Waals surface area contributed by atoms with Gasteiger partial charge in [0, 0.05) is 0 Å². The summed E-state index contributed by atoms with van der Waals surface area (Å²) in [7, 11) is 0. The molecule has 0 saturated carbocycles. The van der Waals surface area contributed by atoms with E-state index in [-0.39, 0.29) is 18.1 Å². The maximum Gasteiger partial charge on any atom is 0.415 e. The summed E-state index contributed by atoms with van der Waals surface area (Å²) in [6, 6.07) is 11.6. The molecule has 6 heteroatoms. The van der Waals surface area contributed by atoms with E-state index >= 15 is 0 Å². The summed E-state index contributed by atoms with van der Waals surface area (Å²) in [5, 5.41) is 5.61. The van der Waals surface area contributed by atoms with Gasteiger partial charge >= 0.3 is 6.09 Å². The number of carbonyl (C=O) groups excluding carboxylic acids is 2. The number of nitrogens with one attached hydrogen (secondary N) is 1. The van der Waals surface area contributed by atoms with E-state index in [0.717, 1.165) is 10.6 Å². The van der Waals surface area contributed by atoms with Gasteiger partial charge in [0.05, 0.1) is 19.5 Å². The number of hydrogen-bond donors (Lipinski definition) is 1. The predicted octanol–water partition coefficient (Wildman–Crippen LogP) is 2.74. The fourth-order valence-corrected chi connectivity index (χ4v) is 3.14. The lowest BCUT2D eigenvalue weighted by Crippen LogP contribution is -2.35. The van der Waals surface area contributed by atoms with Crippen LogP contribution in [0.15, 0.2) is 41.8 Å². The number of amides is 2. The van der Waals surface area contributed by atoms with Crippen LogP contribution in [0.2, 0.25) is 0 Å². The number of benzene rings is 1. The average Bonchev–Trinajstić information content (AvgIpc) is 3.17. The first kappa shape index (κ1) is 15.6. The van der Waals surface area contributed by atoms with Crippen molar-refractivity contribution in [2.75, 3.05) is 18.0 Å². The molecule has 0 spiro atoms. The lowest BCUT2D eigenvalue weighted by molar-refractivity contribution is -0.120. The molecule has 120 valence electrons. The molecule has 1 aromatic carbocycles. The molecule has 1 saturated heterocycles. The molecule has 1 aromatic heterocycles. The van der Waals surface area contributed by atoms with Crippen LogP contribution in [0.1, 0.15) is 11.1 Å². The number of hydrogen-bond acceptors (Lipinski definition) is 4. The molecular formula is C17H18N2O3S. The molecule has 23 heavy (non-hydrogen) atoms. The van der Waals surface area contributed by atoms with Crippen molar-refractivity contribution in [3.05, 3.63) is 52.9 Å². The highest BCUT2D eigenvalue weighted by atomic mass is 32.1. The Bertz CT molecular complexity index is 682. The number of cyclic esters (lactones) is 1. The monoisotopic (exact) mass is 330 g/mol. The van der Waals surface area contributed by atoms with Gasteiger partial charge in [0.2, 0.25) is 5.91 Å². The van der Waals surface area contributed by atoms with Gasteiger partial charge in [-0.15, -0.1) is 11.3 Å². The van der Waals surface area contributed by atoms with Crippen LogP contribution in [0.25, 0.3) is 0 Å². The highest BCUT2D eigenvalue weighted by Crippen LogP contribution is 2.26. The summed E-state index contributed by atoms with van der Waals surface area (Å²) < 4.78 is 5.29. The largest absolute Gasteiger partial charge is 0.442 e. The number of nitrogens with zero attached hydrogens (tertiary/aromatic N) is 1. The number of anilines is 1. The van der Waals surface area contributed by atoms with Crippen LogP contribution < -0.4 is 10.2 Å². The van der Waals surface area contributed by atoms with Crippen molar-refractivity contribution >= 4 is 28.3 Å². The van der Waals surface area contributed by atoms with Gasteiger partial charge in [-0.3, -0.25) is 9.69 Å². The summed E-state index contributed by atoms with van der Waals surface area (Å²) in [6.45, 7) is 2.81. The molecule has 3 rings (SSSR count). The molecule has 0 radical (unpaired) electrons. The molecule has 1 atom stereocenters. The van der Waals surface area contributed by atoms with Crippen LogP contribution >= 0.6 is 11.3 Å². The molecule has 1 fully saturated rings. The molecule has 1 aliphatic rings. The molecule has 5 nitrogen and oxygen atoms in total. The molecule has 0 bridgehead atoms. The average molecular weight is 330 g/mol. The zero-order valence-corrected chi connectivity index (χ0v) is 13.6. The van der Waals surface area contributed by atoms with E-state index in [2.05, 4.69) is 5.32 Å². The normalized spacial score (nSPS) is 17.2. The van der Waals surface area contributed by atoms with Gasteiger partial charge in [0.15, 0.2) is 0 Å². The Morgan fingerprint density at radius 3 is 2.83 bits per heavy atom. The van der Waals surface area contributed by atoms with Crippen LogP contribution in [-0.4, -0.2) is 31.2 Å². The maximum atomic E-state index is 12.0. The molecule has 1 unspecified atom stereocenters. The lowest BCUT2D eigenvalue weighted by Gasteiger charge is -2.11. The van der Waals surface area contributed by atoms with E-state index in [1.807, 2.05) is 48.7 Å². The van der Waals surface area contributed by atoms with Crippen molar-refractivity contribution in [3.8, 4) is 0 Å². The van der Waals surface area contributed by atoms with Gasteiger partial charge in [0.1, 0.15) is 11.1 Å². The zero-order chi connectivity index (χ0) is 16.2. The minimum absolute atomic E-state index is 0.0699. The van der Waals surface area contributed by atoms with Crippen LogP contribution in [-0.2, 0) is 16.0 Å². The summed E-state index contributed by atoms with van der Waals surface area (Å²) in [4.78, 5) is 25.4. The van der Waals surface area contributed by atoms with Gasteiger partial charge in [-0.1, -0.05) is 29.8 Å². The number of thiophene rings is 1. The molecule has 0 aliphatic carbocycles. The second-order valence-electron chi connectivity index (χ2n) is 5.53. The first-order chi connectivity index (χ1) is 11.1. The maximum absolute atomic E-state index is 12.0. The van der Waals surface area contributed by atoms with Crippen molar-refractivity contribution in [2.45, 2.75) is 19.4 Å². The Kier molecular flexibility index (Phi) is 4.62. The fourth-order valence-electron chi connectivity index (χ4n) is 2.41. The van der Waals surface area contributed by atoms with E-state index < -0.39 is 0 Å². The Morgan fingerprint density at radius 2 is 2.13 bits per heavy atom. The zero-order valence-electron chi connectivity index (χ0n) is 12.8. The van der Waals surface area contributed by atoms with E-state index in [9.17, 15) is 9.59 Å². The highest BCUT2D eigenvalue weighted by molar-refractivity contribution is 7.14. The van der Waals surface area contributed by atoms with E-state index in [0.29, 0.717) is 19.5 Å². The summed E-state index contributed by atoms with van der Waals surface area (Å²) in [5.41, 5.74) is 2.14. The van der Waals surface area contributed by atoms with E-state index in [4.69, 9.17) is 4.74 Å². The third kappa shape index (κ3) is 3.90. The number of ether oxygens (including phenoxy) is 1. The first-order valence-corrected chi connectivity index (χ1v) is 8.33.